The summed E-state index contributed by atoms with van der Waals surface area (Å²) in [4.78, 5) is 27.7. The SMILES string of the molecule is CONc1ccc(CC(NC(=O)OC(C)(C)C)C(=O)O)cc1. The summed E-state index contributed by atoms with van der Waals surface area (Å²) in [5.74, 6) is -1.12. The first-order valence-corrected chi connectivity index (χ1v) is 6.81. The lowest BCUT2D eigenvalue weighted by molar-refractivity contribution is -0.139. The summed E-state index contributed by atoms with van der Waals surface area (Å²) in [5.41, 5.74) is 3.50. The number of carbonyl (C=O) groups is 2. The molecule has 0 saturated carbocycles. The minimum absolute atomic E-state index is 0.155. The first-order chi connectivity index (χ1) is 10.2. The number of carboxylic acid groups (broad SMARTS) is 1. The summed E-state index contributed by atoms with van der Waals surface area (Å²) in [6.07, 6.45) is -0.598. The van der Waals surface area contributed by atoms with Crippen molar-refractivity contribution in [1.29, 1.82) is 0 Å². The van der Waals surface area contributed by atoms with E-state index in [1.54, 1.807) is 45.0 Å². The highest BCUT2D eigenvalue weighted by atomic mass is 16.6. The molecule has 7 heteroatoms. The highest BCUT2D eigenvalue weighted by molar-refractivity contribution is 5.80. The lowest BCUT2D eigenvalue weighted by Gasteiger charge is -2.22. The Kier molecular flexibility index (Phi) is 6.18. The summed E-state index contributed by atoms with van der Waals surface area (Å²) in [6, 6.07) is 5.97. The average molecular weight is 310 g/mol. The molecular weight excluding hydrogens is 288 g/mol. The number of hydrogen-bond acceptors (Lipinski definition) is 5. The minimum atomic E-state index is -1.12. The van der Waals surface area contributed by atoms with Crippen molar-refractivity contribution in [3.63, 3.8) is 0 Å². The highest BCUT2D eigenvalue weighted by Crippen LogP contribution is 2.12. The summed E-state index contributed by atoms with van der Waals surface area (Å²) in [7, 11) is 1.50. The van der Waals surface area contributed by atoms with Crippen molar-refractivity contribution in [3.8, 4) is 0 Å². The van der Waals surface area contributed by atoms with E-state index in [4.69, 9.17) is 9.57 Å². The van der Waals surface area contributed by atoms with Crippen molar-refractivity contribution in [2.24, 2.45) is 0 Å². The van der Waals surface area contributed by atoms with Crippen LogP contribution in [0.4, 0.5) is 10.5 Å². The Morgan fingerprint density at radius 2 is 1.82 bits per heavy atom. The van der Waals surface area contributed by atoms with E-state index in [0.29, 0.717) is 0 Å². The Morgan fingerprint density at radius 1 is 1.23 bits per heavy atom. The van der Waals surface area contributed by atoms with E-state index >= 15 is 0 Å². The average Bonchev–Trinajstić information content (AvgIpc) is 2.38. The van der Waals surface area contributed by atoms with Crippen LogP contribution in [-0.4, -0.2) is 35.9 Å². The predicted octanol–water partition coefficient (Wildman–Crippen LogP) is 2.18. The molecule has 1 aromatic rings. The van der Waals surface area contributed by atoms with Crippen LogP contribution in [0.25, 0.3) is 0 Å². The van der Waals surface area contributed by atoms with Gasteiger partial charge < -0.3 is 15.2 Å². The molecular formula is C15H22N2O5. The van der Waals surface area contributed by atoms with Gasteiger partial charge in [-0.2, -0.15) is 0 Å². The number of anilines is 1. The molecule has 0 aromatic heterocycles. The molecule has 1 amide bonds. The first-order valence-electron chi connectivity index (χ1n) is 6.81. The molecule has 0 saturated heterocycles. The van der Waals surface area contributed by atoms with Crippen LogP contribution in [0.3, 0.4) is 0 Å². The van der Waals surface area contributed by atoms with E-state index in [0.717, 1.165) is 11.3 Å². The number of hydrogen-bond donors (Lipinski definition) is 3. The number of alkyl carbamates (subject to hydrolysis) is 1. The molecule has 7 nitrogen and oxygen atoms in total. The van der Waals surface area contributed by atoms with Crippen molar-refractivity contribution < 1.29 is 24.3 Å². The van der Waals surface area contributed by atoms with Crippen LogP contribution in [0.1, 0.15) is 26.3 Å². The van der Waals surface area contributed by atoms with Crippen LogP contribution in [0, 0.1) is 0 Å². The molecule has 0 fully saturated rings. The van der Waals surface area contributed by atoms with Crippen LogP contribution in [0.15, 0.2) is 24.3 Å². The third-order valence-electron chi connectivity index (χ3n) is 2.60. The van der Waals surface area contributed by atoms with Gasteiger partial charge in [0, 0.05) is 6.42 Å². The number of benzene rings is 1. The van der Waals surface area contributed by atoms with E-state index in [1.807, 2.05) is 0 Å². The maximum atomic E-state index is 11.7. The smallest absolute Gasteiger partial charge is 0.408 e. The van der Waals surface area contributed by atoms with E-state index < -0.39 is 23.7 Å². The van der Waals surface area contributed by atoms with E-state index in [1.165, 1.54) is 7.11 Å². The van der Waals surface area contributed by atoms with Gasteiger partial charge in [0.15, 0.2) is 0 Å². The van der Waals surface area contributed by atoms with Gasteiger partial charge in [-0.3, -0.25) is 10.3 Å². The Balaban J connectivity index is 2.68. The molecule has 1 atom stereocenters. The number of amides is 1. The maximum absolute atomic E-state index is 11.7. The fourth-order valence-electron chi connectivity index (χ4n) is 1.71. The largest absolute Gasteiger partial charge is 0.480 e. The number of carbonyl (C=O) groups excluding carboxylic acids is 1. The van der Waals surface area contributed by atoms with Crippen molar-refractivity contribution in [1.82, 2.24) is 5.32 Å². The fourth-order valence-corrected chi connectivity index (χ4v) is 1.71. The lowest BCUT2D eigenvalue weighted by atomic mass is 10.1. The zero-order valence-electron chi connectivity index (χ0n) is 13.2. The highest BCUT2D eigenvalue weighted by Gasteiger charge is 2.24. The molecule has 1 unspecified atom stereocenters. The number of nitrogens with one attached hydrogen (secondary N) is 2. The van der Waals surface area contributed by atoms with E-state index in [2.05, 4.69) is 10.8 Å². The number of rotatable bonds is 6. The molecule has 0 radical (unpaired) electrons. The number of aliphatic carboxylic acids is 1. The zero-order valence-corrected chi connectivity index (χ0v) is 13.2. The molecule has 0 bridgehead atoms. The van der Waals surface area contributed by atoms with Gasteiger partial charge >= 0.3 is 12.1 Å². The van der Waals surface area contributed by atoms with Gasteiger partial charge in [-0.05, 0) is 38.5 Å². The van der Waals surface area contributed by atoms with Crippen LogP contribution < -0.4 is 10.8 Å². The third kappa shape index (κ3) is 6.45. The Bertz CT molecular complexity index is 508. The topological polar surface area (TPSA) is 96.9 Å². The zero-order chi connectivity index (χ0) is 16.8. The summed E-state index contributed by atoms with van der Waals surface area (Å²) in [5, 5.41) is 11.6. The quantitative estimate of drug-likeness (QED) is 0.697. The van der Waals surface area contributed by atoms with Crippen molar-refractivity contribution >= 4 is 17.7 Å². The van der Waals surface area contributed by atoms with Crippen LogP contribution >= 0.6 is 0 Å². The fraction of sp³-hybridized carbons (Fsp3) is 0.467. The van der Waals surface area contributed by atoms with Gasteiger partial charge in [-0.1, -0.05) is 12.1 Å². The monoisotopic (exact) mass is 310 g/mol. The Labute approximate surface area is 129 Å². The Hall–Kier alpha value is -2.28. The molecule has 3 N–H and O–H groups in total. The second kappa shape index (κ2) is 7.65. The maximum Gasteiger partial charge on any atom is 0.408 e. The second-order valence-corrected chi connectivity index (χ2v) is 5.74. The minimum Gasteiger partial charge on any atom is -0.480 e. The van der Waals surface area contributed by atoms with E-state index in [9.17, 15) is 14.7 Å². The summed E-state index contributed by atoms with van der Waals surface area (Å²) >= 11 is 0. The van der Waals surface area contributed by atoms with Crippen molar-refractivity contribution in [3.05, 3.63) is 29.8 Å². The lowest BCUT2D eigenvalue weighted by Crippen LogP contribution is -2.44. The molecule has 122 valence electrons. The normalized spacial score (nSPS) is 12.4. The van der Waals surface area contributed by atoms with Crippen LogP contribution in [-0.2, 0) is 20.8 Å². The van der Waals surface area contributed by atoms with Gasteiger partial charge in [0.2, 0.25) is 0 Å². The Morgan fingerprint density at radius 3 is 2.27 bits per heavy atom. The van der Waals surface area contributed by atoms with Crippen LogP contribution in [0.2, 0.25) is 0 Å². The second-order valence-electron chi connectivity index (χ2n) is 5.74. The molecule has 0 aliphatic rings. The summed E-state index contributed by atoms with van der Waals surface area (Å²) in [6.45, 7) is 5.14. The van der Waals surface area contributed by atoms with Crippen LogP contribution in [0.5, 0.6) is 0 Å². The molecule has 0 heterocycles. The van der Waals surface area contributed by atoms with E-state index in [-0.39, 0.29) is 6.42 Å². The molecule has 1 aromatic carbocycles. The van der Waals surface area contributed by atoms with Gasteiger partial charge in [0.1, 0.15) is 11.6 Å². The standard InChI is InChI=1S/C15H22N2O5/c1-15(2,3)22-14(20)16-12(13(18)19)9-10-5-7-11(8-6-10)17-21-4/h5-8,12,17H,9H2,1-4H3,(H,16,20)(H,18,19). The molecule has 1 rings (SSSR count). The number of carboxylic acids is 1. The predicted molar refractivity (Wildman–Crippen MR) is 81.6 cm³/mol. The third-order valence-corrected chi connectivity index (χ3v) is 2.60. The van der Waals surface area contributed by atoms with Gasteiger partial charge in [0.05, 0.1) is 12.8 Å². The molecule has 22 heavy (non-hydrogen) atoms. The molecule has 0 aliphatic heterocycles. The van der Waals surface area contributed by atoms with Gasteiger partial charge in [0.25, 0.3) is 0 Å². The van der Waals surface area contributed by atoms with Gasteiger partial charge in [-0.25, -0.2) is 9.59 Å². The van der Waals surface area contributed by atoms with Gasteiger partial charge in [-0.15, -0.1) is 0 Å². The number of ether oxygens (including phenoxy) is 1. The van der Waals surface area contributed by atoms with Crippen molar-refractivity contribution in [2.45, 2.75) is 38.8 Å². The first kappa shape index (κ1) is 17.8. The van der Waals surface area contributed by atoms with Crippen molar-refractivity contribution in [2.75, 3.05) is 12.6 Å². The summed E-state index contributed by atoms with van der Waals surface area (Å²) < 4.78 is 5.07. The molecule has 0 aliphatic carbocycles. The molecule has 0 spiro atoms.